The zero-order chi connectivity index (χ0) is 20.0. The van der Waals surface area contributed by atoms with Gasteiger partial charge < -0.3 is 10.6 Å². The maximum absolute atomic E-state index is 12.7. The van der Waals surface area contributed by atoms with Crippen LogP contribution in [0.25, 0.3) is 0 Å². The van der Waals surface area contributed by atoms with Crippen molar-refractivity contribution in [3.8, 4) is 0 Å². The predicted octanol–water partition coefficient (Wildman–Crippen LogP) is 3.59. The van der Waals surface area contributed by atoms with E-state index in [1.165, 1.54) is 6.07 Å². The Balaban J connectivity index is 0.00000676. The summed E-state index contributed by atoms with van der Waals surface area (Å²) in [5.41, 5.74) is -0.307. The normalized spacial score (nSPS) is 13.1. The number of nitrogens with zero attached hydrogens (tertiary/aromatic N) is 1. The van der Waals surface area contributed by atoms with E-state index in [-0.39, 0.29) is 42.8 Å². The third-order valence-electron chi connectivity index (χ3n) is 3.61. The van der Waals surface area contributed by atoms with Crippen LogP contribution in [0.1, 0.15) is 38.8 Å². The first-order chi connectivity index (χ1) is 11.9. The molecular formula is C17H27F3IN3O2S. The average Bonchev–Trinajstić information content (AvgIpc) is 2.51. The number of guanidine groups is 1. The summed E-state index contributed by atoms with van der Waals surface area (Å²) in [5, 5.41) is 5.85. The fourth-order valence-corrected chi connectivity index (χ4v) is 2.95. The van der Waals surface area contributed by atoms with Gasteiger partial charge in [0.1, 0.15) is 0 Å². The molecule has 0 radical (unpaired) electrons. The molecular weight excluding hydrogens is 494 g/mol. The van der Waals surface area contributed by atoms with E-state index in [0.717, 1.165) is 12.1 Å². The molecule has 2 N–H and O–H groups in total. The fourth-order valence-electron chi connectivity index (χ4n) is 1.97. The molecule has 1 aromatic carbocycles. The first-order valence-electron chi connectivity index (χ1n) is 8.27. The van der Waals surface area contributed by atoms with E-state index in [4.69, 9.17) is 0 Å². The number of halogens is 4. The van der Waals surface area contributed by atoms with Crippen molar-refractivity contribution in [3.63, 3.8) is 0 Å². The summed E-state index contributed by atoms with van der Waals surface area (Å²) >= 11 is 0. The quantitative estimate of drug-likeness (QED) is 0.341. The summed E-state index contributed by atoms with van der Waals surface area (Å²) in [6, 6.07) is 4.96. The summed E-state index contributed by atoms with van der Waals surface area (Å²) in [5.74, 6) is 0.291. The Hall–Kier alpha value is -1.04. The maximum Gasteiger partial charge on any atom is 0.416 e. The molecule has 0 heterocycles. The molecule has 156 valence electrons. The summed E-state index contributed by atoms with van der Waals surface area (Å²) < 4.78 is 61.6. The molecule has 0 aromatic heterocycles. The van der Waals surface area contributed by atoms with E-state index < -0.39 is 26.3 Å². The van der Waals surface area contributed by atoms with Crippen molar-refractivity contribution in [2.75, 3.05) is 18.8 Å². The van der Waals surface area contributed by atoms with Crippen molar-refractivity contribution in [3.05, 3.63) is 35.4 Å². The molecule has 0 aliphatic rings. The van der Waals surface area contributed by atoms with Crippen LogP contribution in [0.2, 0.25) is 0 Å². The standard InChI is InChI=1S/C17H26F3N3O2S.HI/c1-5-21-15(22-9-10-26(24,25)16(2,3)4)23-12-13-7-6-8-14(11-13)17(18,19)20;/h6-8,11H,5,9-10,12H2,1-4H3,(H2,21,22,23);1H. The summed E-state index contributed by atoms with van der Waals surface area (Å²) in [6.07, 6.45) is -4.40. The molecule has 0 amide bonds. The average molecular weight is 521 g/mol. The highest BCUT2D eigenvalue weighted by atomic mass is 127. The van der Waals surface area contributed by atoms with Crippen LogP contribution < -0.4 is 10.6 Å². The minimum atomic E-state index is -4.40. The molecule has 0 bridgehead atoms. The van der Waals surface area contributed by atoms with Crippen molar-refractivity contribution in [1.82, 2.24) is 10.6 Å². The van der Waals surface area contributed by atoms with Gasteiger partial charge in [-0.1, -0.05) is 12.1 Å². The molecule has 1 rings (SSSR count). The minimum Gasteiger partial charge on any atom is -0.357 e. The third kappa shape index (κ3) is 8.67. The molecule has 1 aromatic rings. The van der Waals surface area contributed by atoms with Crippen LogP contribution in [0, 0.1) is 0 Å². The second kappa shape index (κ2) is 10.5. The Kier molecular flexibility index (Phi) is 10.1. The molecule has 0 spiro atoms. The molecule has 0 aliphatic carbocycles. The van der Waals surface area contributed by atoms with Crippen LogP contribution in [-0.2, 0) is 22.6 Å². The van der Waals surface area contributed by atoms with Gasteiger partial charge in [-0.3, -0.25) is 0 Å². The maximum atomic E-state index is 12.7. The minimum absolute atomic E-state index is 0. The number of hydrogen-bond acceptors (Lipinski definition) is 3. The number of alkyl halides is 3. The van der Waals surface area contributed by atoms with E-state index in [1.807, 2.05) is 6.92 Å². The predicted molar refractivity (Wildman–Crippen MR) is 113 cm³/mol. The van der Waals surface area contributed by atoms with Crippen molar-refractivity contribution >= 4 is 39.8 Å². The lowest BCUT2D eigenvalue weighted by Crippen LogP contribution is -2.41. The zero-order valence-electron chi connectivity index (χ0n) is 15.9. The largest absolute Gasteiger partial charge is 0.416 e. The lowest BCUT2D eigenvalue weighted by molar-refractivity contribution is -0.137. The highest BCUT2D eigenvalue weighted by Crippen LogP contribution is 2.29. The summed E-state index contributed by atoms with van der Waals surface area (Å²) in [6.45, 7) is 7.49. The van der Waals surface area contributed by atoms with Gasteiger partial charge >= 0.3 is 6.18 Å². The van der Waals surface area contributed by atoms with Gasteiger partial charge in [-0.2, -0.15) is 13.2 Å². The highest BCUT2D eigenvalue weighted by molar-refractivity contribution is 14.0. The van der Waals surface area contributed by atoms with E-state index in [9.17, 15) is 21.6 Å². The Morgan fingerprint density at radius 2 is 1.78 bits per heavy atom. The van der Waals surface area contributed by atoms with Gasteiger partial charge in [0.2, 0.25) is 0 Å². The van der Waals surface area contributed by atoms with Crippen LogP contribution in [0.5, 0.6) is 0 Å². The van der Waals surface area contributed by atoms with Crippen LogP contribution in [0.15, 0.2) is 29.3 Å². The Labute approximate surface area is 176 Å². The fraction of sp³-hybridized carbons (Fsp3) is 0.588. The Morgan fingerprint density at radius 3 is 2.30 bits per heavy atom. The lowest BCUT2D eigenvalue weighted by Gasteiger charge is -2.19. The zero-order valence-corrected chi connectivity index (χ0v) is 19.0. The summed E-state index contributed by atoms with van der Waals surface area (Å²) in [4.78, 5) is 4.22. The molecule has 5 nitrogen and oxygen atoms in total. The number of rotatable bonds is 6. The molecule has 0 fully saturated rings. The molecule has 0 aliphatic heterocycles. The molecule has 0 atom stereocenters. The van der Waals surface area contributed by atoms with E-state index in [2.05, 4.69) is 15.6 Å². The lowest BCUT2D eigenvalue weighted by atomic mass is 10.1. The topological polar surface area (TPSA) is 70.6 Å². The van der Waals surface area contributed by atoms with Gasteiger partial charge in [0.25, 0.3) is 0 Å². The molecule has 0 unspecified atom stereocenters. The molecule has 0 saturated carbocycles. The van der Waals surface area contributed by atoms with Crippen molar-refractivity contribution in [1.29, 1.82) is 0 Å². The van der Waals surface area contributed by atoms with Gasteiger partial charge in [-0.25, -0.2) is 13.4 Å². The SMILES string of the molecule is CCNC(=NCc1cccc(C(F)(F)F)c1)NCCS(=O)(=O)C(C)(C)C.I. The monoisotopic (exact) mass is 521 g/mol. The van der Waals surface area contributed by atoms with Gasteiger partial charge in [0.15, 0.2) is 15.8 Å². The first-order valence-corrected chi connectivity index (χ1v) is 9.92. The van der Waals surface area contributed by atoms with Gasteiger partial charge in [-0.15, -0.1) is 24.0 Å². The highest BCUT2D eigenvalue weighted by Gasteiger charge is 2.30. The first kappa shape index (κ1) is 26.0. The number of sulfone groups is 1. The third-order valence-corrected chi connectivity index (χ3v) is 6.22. The van der Waals surface area contributed by atoms with Crippen LogP contribution in [-0.4, -0.2) is 38.0 Å². The number of nitrogens with one attached hydrogen (secondary N) is 2. The summed E-state index contributed by atoms with van der Waals surface area (Å²) in [7, 11) is -3.27. The number of aliphatic imine (C=N–C) groups is 1. The van der Waals surface area contributed by atoms with Crippen LogP contribution >= 0.6 is 24.0 Å². The van der Waals surface area contributed by atoms with Crippen LogP contribution in [0.4, 0.5) is 13.2 Å². The van der Waals surface area contributed by atoms with Gasteiger partial charge in [-0.05, 0) is 45.4 Å². The smallest absolute Gasteiger partial charge is 0.357 e. The Bertz CT molecular complexity index is 730. The number of hydrogen-bond donors (Lipinski definition) is 2. The molecule has 0 saturated heterocycles. The molecule has 27 heavy (non-hydrogen) atoms. The second-order valence-corrected chi connectivity index (χ2v) is 9.61. The van der Waals surface area contributed by atoms with Crippen molar-refractivity contribution in [2.24, 2.45) is 4.99 Å². The van der Waals surface area contributed by atoms with Gasteiger partial charge in [0, 0.05) is 13.1 Å². The van der Waals surface area contributed by atoms with Gasteiger partial charge in [0.05, 0.1) is 22.6 Å². The van der Waals surface area contributed by atoms with E-state index in [1.54, 1.807) is 26.8 Å². The van der Waals surface area contributed by atoms with Crippen LogP contribution in [0.3, 0.4) is 0 Å². The second-order valence-electron chi connectivity index (χ2n) is 6.75. The van der Waals surface area contributed by atoms with Crippen molar-refractivity contribution < 1.29 is 21.6 Å². The Morgan fingerprint density at radius 1 is 1.15 bits per heavy atom. The molecule has 10 heteroatoms. The van der Waals surface area contributed by atoms with E-state index >= 15 is 0 Å². The van der Waals surface area contributed by atoms with E-state index in [0.29, 0.717) is 18.1 Å². The number of benzene rings is 1. The van der Waals surface area contributed by atoms with Crippen molar-refractivity contribution in [2.45, 2.75) is 45.2 Å².